The number of fused-ring (bicyclic) bond motifs is 1. The number of pyridine rings is 1. The molecule has 28 heavy (non-hydrogen) atoms. The molecule has 0 fully saturated rings. The van der Waals surface area contributed by atoms with E-state index in [4.69, 9.17) is 0 Å². The molecule has 0 radical (unpaired) electrons. The molecule has 2 aromatic heterocycles. The number of anilines is 1. The van der Waals surface area contributed by atoms with Crippen LogP contribution in [0.15, 0.2) is 35.4 Å². The molecule has 0 amide bonds. The highest BCUT2D eigenvalue weighted by molar-refractivity contribution is 5.97. The third kappa shape index (κ3) is 3.06. The second-order valence-corrected chi connectivity index (χ2v) is 5.98. The van der Waals surface area contributed by atoms with Crippen molar-refractivity contribution in [1.82, 2.24) is 14.1 Å². The van der Waals surface area contributed by atoms with E-state index in [1.54, 1.807) is 38.4 Å². The molecule has 1 N–H and O–H groups in total. The summed E-state index contributed by atoms with van der Waals surface area (Å²) in [7, 11) is 0. The summed E-state index contributed by atoms with van der Waals surface area (Å²) in [5.41, 5.74) is -0.617. The summed E-state index contributed by atoms with van der Waals surface area (Å²) < 4.78 is 2.56. The third-order valence-electron chi connectivity index (χ3n) is 4.49. The standard InChI is InChI=1S/C17H18N6O5/c1-3-20-13-9-12(22(25)26)14(19-10-11-5-7-18-8-6-11)16(23(27)28)15(13)21(4-2)17(20)24/h5-9,19H,3-4,10H2,1-2H3. The van der Waals surface area contributed by atoms with Gasteiger partial charge in [0.1, 0.15) is 0 Å². The van der Waals surface area contributed by atoms with Gasteiger partial charge in [-0.05, 0) is 31.5 Å². The molecule has 3 rings (SSSR count). The Balaban J connectivity index is 2.33. The molecule has 0 aliphatic carbocycles. The number of nitrogens with zero attached hydrogens (tertiary/aromatic N) is 5. The fraction of sp³-hybridized carbons (Fsp3) is 0.294. The first-order valence-electron chi connectivity index (χ1n) is 8.62. The van der Waals surface area contributed by atoms with Gasteiger partial charge in [-0.2, -0.15) is 0 Å². The highest BCUT2D eigenvalue weighted by Crippen LogP contribution is 2.41. The zero-order valence-electron chi connectivity index (χ0n) is 15.3. The fourth-order valence-corrected chi connectivity index (χ4v) is 3.23. The van der Waals surface area contributed by atoms with Crippen LogP contribution in [-0.4, -0.2) is 24.0 Å². The van der Waals surface area contributed by atoms with Crippen LogP contribution in [0.5, 0.6) is 0 Å². The first kappa shape index (κ1) is 19.0. The van der Waals surface area contributed by atoms with Gasteiger partial charge in [-0.1, -0.05) is 0 Å². The molecule has 0 aliphatic rings. The second kappa shape index (κ2) is 7.47. The summed E-state index contributed by atoms with van der Waals surface area (Å²) in [5, 5.41) is 26.4. The number of nitrogens with one attached hydrogen (secondary N) is 1. The summed E-state index contributed by atoms with van der Waals surface area (Å²) in [6.07, 6.45) is 3.11. The number of aryl methyl sites for hydroxylation is 2. The van der Waals surface area contributed by atoms with E-state index >= 15 is 0 Å². The van der Waals surface area contributed by atoms with Crippen LogP contribution in [0.4, 0.5) is 17.1 Å². The second-order valence-electron chi connectivity index (χ2n) is 5.98. The maximum absolute atomic E-state index is 12.6. The average Bonchev–Trinajstić information content (AvgIpc) is 2.95. The van der Waals surface area contributed by atoms with Crippen LogP contribution in [0.25, 0.3) is 11.0 Å². The van der Waals surface area contributed by atoms with Gasteiger partial charge in [0.05, 0.1) is 15.4 Å². The number of rotatable bonds is 7. The summed E-state index contributed by atoms with van der Waals surface area (Å²) >= 11 is 0. The van der Waals surface area contributed by atoms with E-state index in [0.717, 1.165) is 5.56 Å². The van der Waals surface area contributed by atoms with Crippen LogP contribution in [0, 0.1) is 20.2 Å². The minimum Gasteiger partial charge on any atom is -0.370 e. The third-order valence-corrected chi connectivity index (χ3v) is 4.49. The van der Waals surface area contributed by atoms with Gasteiger partial charge in [0.15, 0.2) is 11.2 Å². The number of benzene rings is 1. The molecule has 0 aliphatic heterocycles. The Labute approximate surface area is 158 Å². The maximum Gasteiger partial charge on any atom is 0.329 e. The zero-order valence-corrected chi connectivity index (χ0v) is 15.3. The van der Waals surface area contributed by atoms with Crippen LogP contribution in [0.2, 0.25) is 0 Å². The molecule has 11 nitrogen and oxygen atoms in total. The Morgan fingerprint density at radius 2 is 1.71 bits per heavy atom. The van der Waals surface area contributed by atoms with Crippen LogP contribution in [-0.2, 0) is 19.6 Å². The molecular formula is C17H18N6O5. The Kier molecular flexibility index (Phi) is 5.07. The van der Waals surface area contributed by atoms with Crippen LogP contribution in [0.3, 0.4) is 0 Å². The summed E-state index contributed by atoms with van der Waals surface area (Å²) in [6, 6.07) is 4.60. The highest BCUT2D eigenvalue weighted by atomic mass is 16.6. The van der Waals surface area contributed by atoms with Gasteiger partial charge >= 0.3 is 17.1 Å². The van der Waals surface area contributed by atoms with Gasteiger partial charge in [-0.15, -0.1) is 0 Å². The number of nitro groups is 2. The Hall–Kier alpha value is -3.76. The molecule has 0 bridgehead atoms. The topological polar surface area (TPSA) is 138 Å². The van der Waals surface area contributed by atoms with Crippen molar-refractivity contribution in [2.45, 2.75) is 33.5 Å². The minimum atomic E-state index is -0.685. The number of hydrogen-bond donors (Lipinski definition) is 1. The molecule has 11 heteroatoms. The molecule has 0 atom stereocenters. The van der Waals surface area contributed by atoms with Crippen LogP contribution >= 0.6 is 0 Å². The van der Waals surface area contributed by atoms with Crippen molar-refractivity contribution in [2.75, 3.05) is 5.32 Å². The molecule has 2 heterocycles. The smallest absolute Gasteiger partial charge is 0.329 e. The number of aromatic nitrogens is 3. The molecular weight excluding hydrogens is 368 g/mol. The Bertz CT molecular complexity index is 1120. The largest absolute Gasteiger partial charge is 0.370 e. The van der Waals surface area contributed by atoms with Crippen molar-refractivity contribution in [3.8, 4) is 0 Å². The van der Waals surface area contributed by atoms with E-state index in [9.17, 15) is 25.0 Å². The number of imidazole rings is 1. The van der Waals surface area contributed by atoms with Gasteiger partial charge in [-0.3, -0.25) is 34.3 Å². The van der Waals surface area contributed by atoms with Crippen molar-refractivity contribution < 1.29 is 9.85 Å². The Morgan fingerprint density at radius 3 is 2.25 bits per heavy atom. The molecule has 0 spiro atoms. The predicted molar refractivity (Wildman–Crippen MR) is 102 cm³/mol. The lowest BCUT2D eigenvalue weighted by Crippen LogP contribution is -2.23. The van der Waals surface area contributed by atoms with Crippen molar-refractivity contribution in [2.24, 2.45) is 0 Å². The van der Waals surface area contributed by atoms with E-state index in [0.29, 0.717) is 0 Å². The lowest BCUT2D eigenvalue weighted by molar-refractivity contribution is -0.391. The van der Waals surface area contributed by atoms with Crippen molar-refractivity contribution >= 4 is 28.1 Å². The monoisotopic (exact) mass is 386 g/mol. The normalized spacial score (nSPS) is 10.9. The molecule has 1 aromatic carbocycles. The molecule has 3 aromatic rings. The predicted octanol–water partition coefficient (Wildman–Crippen LogP) is 2.67. The van der Waals surface area contributed by atoms with Crippen LogP contribution < -0.4 is 11.0 Å². The van der Waals surface area contributed by atoms with Gasteiger partial charge in [-0.25, -0.2) is 4.79 Å². The lowest BCUT2D eigenvalue weighted by Gasteiger charge is -2.10. The van der Waals surface area contributed by atoms with E-state index in [-0.39, 0.29) is 36.4 Å². The Morgan fingerprint density at radius 1 is 1.07 bits per heavy atom. The summed E-state index contributed by atoms with van der Waals surface area (Å²) in [6.45, 7) is 3.95. The van der Waals surface area contributed by atoms with Crippen molar-refractivity contribution in [3.05, 3.63) is 66.9 Å². The van der Waals surface area contributed by atoms with E-state index in [2.05, 4.69) is 10.3 Å². The maximum atomic E-state index is 12.6. The molecule has 0 saturated carbocycles. The summed E-state index contributed by atoms with van der Waals surface area (Å²) in [4.78, 5) is 38.7. The van der Waals surface area contributed by atoms with Crippen LogP contribution in [0.1, 0.15) is 19.4 Å². The van der Waals surface area contributed by atoms with Crippen molar-refractivity contribution in [1.29, 1.82) is 0 Å². The fourth-order valence-electron chi connectivity index (χ4n) is 3.23. The first-order valence-corrected chi connectivity index (χ1v) is 8.62. The first-order chi connectivity index (χ1) is 13.4. The molecule has 0 saturated heterocycles. The minimum absolute atomic E-state index is 0.0715. The summed E-state index contributed by atoms with van der Waals surface area (Å²) in [5.74, 6) is 0. The van der Waals surface area contributed by atoms with Gasteiger partial charge in [0.2, 0.25) is 0 Å². The number of nitro benzene ring substituents is 2. The zero-order chi connectivity index (χ0) is 20.4. The average molecular weight is 386 g/mol. The quantitative estimate of drug-likeness (QED) is 0.486. The van der Waals surface area contributed by atoms with Gasteiger partial charge in [0.25, 0.3) is 0 Å². The van der Waals surface area contributed by atoms with Gasteiger partial charge < -0.3 is 5.32 Å². The molecule has 146 valence electrons. The van der Waals surface area contributed by atoms with Crippen molar-refractivity contribution in [3.63, 3.8) is 0 Å². The molecule has 0 unspecified atom stereocenters. The van der Waals surface area contributed by atoms with E-state index in [1.807, 2.05) is 0 Å². The van der Waals surface area contributed by atoms with E-state index < -0.39 is 26.9 Å². The number of hydrogen-bond acceptors (Lipinski definition) is 7. The lowest BCUT2D eigenvalue weighted by atomic mass is 10.1. The van der Waals surface area contributed by atoms with Gasteiger partial charge in [0, 0.05) is 38.1 Å². The van der Waals surface area contributed by atoms with E-state index in [1.165, 1.54) is 15.2 Å². The highest BCUT2D eigenvalue weighted by Gasteiger charge is 2.33. The SMILES string of the molecule is CCn1c(=O)n(CC)c2c([N+](=O)[O-])c(NCc3ccncc3)c([N+](=O)[O-])cc21.